The number of ether oxygens (including phenoxy) is 2. The predicted molar refractivity (Wildman–Crippen MR) is 153 cm³/mol. The molecule has 10 nitrogen and oxygen atoms in total. The number of carbonyl (C=O) groups is 2. The number of hydrogen-bond acceptors (Lipinski definition) is 7. The number of anilines is 3. The summed E-state index contributed by atoms with van der Waals surface area (Å²) >= 11 is 0.309. The van der Waals surface area contributed by atoms with Crippen LogP contribution in [-0.2, 0) is 16.3 Å². The predicted octanol–water partition coefficient (Wildman–Crippen LogP) is 4.54. The van der Waals surface area contributed by atoms with E-state index in [1.54, 1.807) is 35.2 Å². The number of benzene rings is 3. The number of aromatic nitrogens is 4. The Hall–Kier alpha value is -4.57. The van der Waals surface area contributed by atoms with Gasteiger partial charge in [0.25, 0.3) is 0 Å². The van der Waals surface area contributed by atoms with E-state index in [9.17, 15) is 9.59 Å². The summed E-state index contributed by atoms with van der Waals surface area (Å²) in [5.41, 5.74) is 1.85. The van der Waals surface area contributed by atoms with Crippen LogP contribution in [0.4, 0.5) is 22.1 Å². The molecule has 0 bridgehead atoms. The molecule has 1 N–H and O–H groups in total. The number of rotatable bonds is 10. The van der Waals surface area contributed by atoms with Gasteiger partial charge >= 0.3 is 177 Å². The van der Waals surface area contributed by atoms with Crippen molar-refractivity contribution in [1.82, 2.24) is 19.5 Å². The molecule has 0 aliphatic heterocycles. The number of nitrogens with one attached hydrogen (secondary N) is 1. The van der Waals surface area contributed by atoms with E-state index >= 15 is 0 Å². The first-order valence-corrected chi connectivity index (χ1v) is 14.5. The van der Waals surface area contributed by atoms with Crippen LogP contribution in [-0.4, -0.2) is 53.1 Å². The van der Waals surface area contributed by atoms with Crippen LogP contribution in [0.15, 0.2) is 97.3 Å². The fraction of sp³-hybridized carbons (Fsp3) is 0.138. The molecular weight excluding hydrogens is 575 g/mol. The van der Waals surface area contributed by atoms with Gasteiger partial charge in [0.05, 0.1) is 0 Å². The minimum absolute atomic E-state index is 0.0112. The van der Waals surface area contributed by atoms with Crippen molar-refractivity contribution >= 4 is 59.9 Å². The fourth-order valence-corrected chi connectivity index (χ4v) is 5.49. The summed E-state index contributed by atoms with van der Waals surface area (Å²) < 4.78 is 14.7. The van der Waals surface area contributed by atoms with Gasteiger partial charge < -0.3 is 0 Å². The van der Waals surface area contributed by atoms with Crippen LogP contribution in [0.1, 0.15) is 6.92 Å². The third-order valence-electron chi connectivity index (χ3n) is 5.59. The fourth-order valence-electron chi connectivity index (χ4n) is 3.84. The Labute approximate surface area is 237 Å². The zero-order chi connectivity index (χ0) is 27.7. The van der Waals surface area contributed by atoms with E-state index in [1.807, 2.05) is 54.6 Å². The molecule has 40 heavy (non-hydrogen) atoms. The van der Waals surface area contributed by atoms with E-state index in [2.05, 4.69) is 32.4 Å². The molecule has 5 rings (SSSR count). The van der Waals surface area contributed by atoms with Gasteiger partial charge in [0.15, 0.2) is 0 Å². The number of nitrogens with zero attached hydrogens (tertiary/aromatic N) is 5. The van der Waals surface area contributed by atoms with Gasteiger partial charge in [-0.3, -0.25) is 0 Å². The Bertz CT molecular complexity index is 1540. The second-order valence-electron chi connectivity index (χ2n) is 8.49. The van der Waals surface area contributed by atoms with Crippen LogP contribution in [0.25, 0.3) is 11.2 Å². The Morgan fingerprint density at radius 3 is 2.15 bits per heavy atom. The Morgan fingerprint density at radius 2 is 1.52 bits per heavy atom. The van der Waals surface area contributed by atoms with Gasteiger partial charge in [0.2, 0.25) is 0 Å². The summed E-state index contributed by atoms with van der Waals surface area (Å²) in [6.45, 7) is 2.09. The van der Waals surface area contributed by atoms with Crippen LogP contribution < -0.4 is 19.4 Å². The summed E-state index contributed by atoms with van der Waals surface area (Å²) in [4.78, 5) is 39.9. The molecule has 0 saturated carbocycles. The third kappa shape index (κ3) is 6.70. The van der Waals surface area contributed by atoms with E-state index in [1.165, 1.54) is 16.3 Å². The van der Waals surface area contributed by atoms with E-state index < -0.39 is 6.09 Å². The first kappa shape index (κ1) is 27.0. The number of amides is 2. The molecule has 2 heterocycles. The van der Waals surface area contributed by atoms with Crippen LogP contribution in [0.5, 0.6) is 5.88 Å². The monoisotopic (exact) mass is 602 g/mol. The van der Waals surface area contributed by atoms with Gasteiger partial charge in [-0.05, 0) is 24.3 Å². The molecule has 11 heteroatoms. The standard InChI is InChI=1S/C29H26N6O4Se/c1-21(36)31-28-32-26-25(30-19-34(26)20-38-17-18-40-24-15-9-4-10-16-24)27(33-28)39-29(37)35(22-11-5-2-6-12-22)23-13-7-3-8-14-23/h2-16,19H,17-18,20H2,1H3,(H,31,32,33,36). The van der Waals surface area contributed by atoms with Crippen molar-refractivity contribution in [1.29, 1.82) is 0 Å². The van der Waals surface area contributed by atoms with E-state index in [0.717, 1.165) is 5.32 Å². The summed E-state index contributed by atoms with van der Waals surface area (Å²) in [7, 11) is 0. The molecule has 2 amide bonds. The first-order chi connectivity index (χ1) is 19.6. The van der Waals surface area contributed by atoms with Crippen LogP contribution in [0.3, 0.4) is 0 Å². The molecule has 0 aliphatic carbocycles. The van der Waals surface area contributed by atoms with Gasteiger partial charge in [0.1, 0.15) is 0 Å². The Balaban J connectivity index is 1.37. The van der Waals surface area contributed by atoms with Crippen molar-refractivity contribution < 1.29 is 19.1 Å². The SMILES string of the molecule is CC(=O)Nc1nc(OC(=O)N(c2ccccc2)c2ccccc2)c2ncn(COCC[Se]c3ccccc3)c2n1. The topological polar surface area (TPSA) is 111 Å². The van der Waals surface area contributed by atoms with Crippen LogP contribution >= 0.6 is 0 Å². The molecule has 0 atom stereocenters. The van der Waals surface area contributed by atoms with Gasteiger partial charge in [-0.2, -0.15) is 0 Å². The van der Waals surface area contributed by atoms with Crippen molar-refractivity contribution in [3.05, 3.63) is 97.3 Å². The maximum atomic E-state index is 13.6. The van der Waals surface area contributed by atoms with E-state index in [0.29, 0.717) is 38.6 Å². The maximum absolute atomic E-state index is 13.6. The average Bonchev–Trinajstić information content (AvgIpc) is 3.37. The molecular formula is C29H26N6O4Se. The molecule has 202 valence electrons. The molecule has 2 aromatic heterocycles. The Morgan fingerprint density at radius 1 is 0.900 bits per heavy atom. The van der Waals surface area contributed by atoms with E-state index in [-0.39, 0.29) is 30.0 Å². The zero-order valence-corrected chi connectivity index (χ0v) is 23.3. The summed E-state index contributed by atoms with van der Waals surface area (Å²) in [6.07, 6.45) is 0.850. The third-order valence-corrected chi connectivity index (χ3v) is 7.63. The average molecular weight is 602 g/mol. The van der Waals surface area contributed by atoms with Gasteiger partial charge in [-0.15, -0.1) is 0 Å². The summed E-state index contributed by atoms with van der Waals surface area (Å²) in [5, 5.41) is 3.48. The first-order valence-electron chi connectivity index (χ1n) is 12.5. The number of imidazole rings is 1. The summed E-state index contributed by atoms with van der Waals surface area (Å²) in [6, 6.07) is 28.6. The normalized spacial score (nSPS) is 10.8. The zero-order valence-electron chi connectivity index (χ0n) is 21.6. The molecule has 3 aromatic carbocycles. The van der Waals surface area contributed by atoms with E-state index in [4.69, 9.17) is 9.47 Å². The molecule has 0 aliphatic rings. The summed E-state index contributed by atoms with van der Waals surface area (Å²) in [5.74, 6) is -0.456. The molecule has 5 aromatic rings. The Kier molecular flexibility index (Phi) is 8.77. The van der Waals surface area contributed by atoms with Gasteiger partial charge in [0, 0.05) is 0 Å². The molecule has 0 fully saturated rings. The van der Waals surface area contributed by atoms with Crippen molar-refractivity contribution in [2.24, 2.45) is 0 Å². The van der Waals surface area contributed by atoms with Crippen molar-refractivity contribution in [3.63, 3.8) is 0 Å². The number of hydrogen-bond donors (Lipinski definition) is 1. The van der Waals surface area contributed by atoms with Crippen molar-refractivity contribution in [2.45, 2.75) is 19.0 Å². The van der Waals surface area contributed by atoms with Crippen LogP contribution in [0.2, 0.25) is 5.32 Å². The second kappa shape index (κ2) is 13.0. The van der Waals surface area contributed by atoms with Crippen LogP contribution in [0, 0.1) is 0 Å². The molecule has 0 saturated heterocycles. The molecule has 0 spiro atoms. The number of para-hydroxylation sites is 2. The molecule has 0 radical (unpaired) electrons. The number of fused-ring (bicyclic) bond motifs is 1. The quantitative estimate of drug-likeness (QED) is 0.185. The van der Waals surface area contributed by atoms with Gasteiger partial charge in [-0.1, -0.05) is 36.4 Å². The minimum atomic E-state index is -0.694. The van der Waals surface area contributed by atoms with Crippen molar-refractivity contribution in [3.8, 4) is 5.88 Å². The van der Waals surface area contributed by atoms with Gasteiger partial charge in [-0.25, -0.2) is 0 Å². The van der Waals surface area contributed by atoms with Crippen molar-refractivity contribution in [2.75, 3.05) is 16.8 Å². The second-order valence-corrected chi connectivity index (χ2v) is 10.9. The molecule has 0 unspecified atom stereocenters. The number of carbonyl (C=O) groups excluding carboxylic acids is 2.